The third-order valence-electron chi connectivity index (χ3n) is 3.35. The van der Waals surface area contributed by atoms with Crippen molar-refractivity contribution >= 4 is 5.97 Å². The second-order valence-corrected chi connectivity index (χ2v) is 7.44. The molecule has 0 aliphatic heterocycles. The van der Waals surface area contributed by atoms with Gasteiger partial charge < -0.3 is 9.84 Å². The Bertz CT molecular complexity index is 510. The van der Waals surface area contributed by atoms with Crippen molar-refractivity contribution in [2.45, 2.75) is 52.4 Å². The monoisotopic (exact) mass is 290 g/mol. The molecule has 0 aliphatic rings. The van der Waals surface area contributed by atoms with Crippen LogP contribution in [0.4, 0.5) is 0 Å². The van der Waals surface area contributed by atoms with Gasteiger partial charge in [-0.05, 0) is 34.1 Å². The zero-order valence-corrected chi connectivity index (χ0v) is 13.9. The molecule has 0 radical (unpaired) electrons. The molecule has 0 atom stereocenters. The average molecular weight is 290 g/mol. The zero-order chi connectivity index (χ0) is 16.4. The first kappa shape index (κ1) is 17.3. The predicted octanol–water partition coefficient (Wildman–Crippen LogP) is 4.30. The minimum atomic E-state index is -1.03. The van der Waals surface area contributed by atoms with Crippen LogP contribution in [0.2, 0.25) is 0 Å². The minimum Gasteiger partial charge on any atom is -0.489 e. The summed E-state index contributed by atoms with van der Waals surface area (Å²) < 4.78 is 5.62. The zero-order valence-electron chi connectivity index (χ0n) is 13.9. The van der Waals surface area contributed by atoms with Gasteiger partial charge in [-0.1, -0.05) is 54.2 Å². The van der Waals surface area contributed by atoms with Crippen molar-refractivity contribution in [1.29, 1.82) is 0 Å². The summed E-state index contributed by atoms with van der Waals surface area (Å²) in [6.07, 6.45) is 0. The summed E-state index contributed by atoms with van der Waals surface area (Å²) in [7, 11) is 0. The molecular weight excluding hydrogens is 264 g/mol. The van der Waals surface area contributed by atoms with Crippen LogP contribution in [0, 0.1) is 0 Å². The summed E-state index contributed by atoms with van der Waals surface area (Å²) in [4.78, 5) is 10.8. The fourth-order valence-corrected chi connectivity index (χ4v) is 1.78. The average Bonchev–Trinajstić information content (AvgIpc) is 2.33. The molecule has 116 valence electrons. The molecule has 0 aliphatic carbocycles. The Labute approximate surface area is 127 Å². The van der Waals surface area contributed by atoms with Crippen LogP contribution in [-0.2, 0) is 15.6 Å². The Kier molecular flexibility index (Phi) is 4.87. The molecule has 3 heteroatoms. The van der Waals surface area contributed by atoms with Gasteiger partial charge in [0.25, 0.3) is 0 Å². The van der Waals surface area contributed by atoms with Gasteiger partial charge in [0.2, 0.25) is 0 Å². The number of ether oxygens (including phenoxy) is 1. The number of benzene rings is 1. The normalized spacial score (nSPS) is 12.1. The number of rotatable bonds is 4. The van der Waals surface area contributed by atoms with Gasteiger partial charge in [0, 0.05) is 0 Å². The van der Waals surface area contributed by atoms with Gasteiger partial charge in [-0.2, -0.15) is 0 Å². The largest absolute Gasteiger partial charge is 0.489 e. The Morgan fingerprint density at radius 2 is 1.48 bits per heavy atom. The molecule has 0 fully saturated rings. The molecule has 1 aromatic carbocycles. The van der Waals surface area contributed by atoms with Crippen molar-refractivity contribution < 1.29 is 14.6 Å². The SMILES string of the molecule is C=C(COc1cc(C(C)(C)C)cc(C(C)(C)C)c1)C(=O)O. The summed E-state index contributed by atoms with van der Waals surface area (Å²) in [6.45, 7) is 16.4. The number of hydrogen-bond acceptors (Lipinski definition) is 2. The lowest BCUT2D eigenvalue weighted by Gasteiger charge is -2.26. The molecule has 0 unspecified atom stereocenters. The van der Waals surface area contributed by atoms with Crippen LogP contribution in [0.15, 0.2) is 30.4 Å². The van der Waals surface area contributed by atoms with Gasteiger partial charge in [-0.15, -0.1) is 0 Å². The second-order valence-electron chi connectivity index (χ2n) is 7.44. The molecular formula is C18H26O3. The number of hydrogen-bond donors (Lipinski definition) is 1. The summed E-state index contributed by atoms with van der Waals surface area (Å²) in [5.41, 5.74) is 2.40. The van der Waals surface area contributed by atoms with E-state index < -0.39 is 5.97 Å². The molecule has 0 bridgehead atoms. The summed E-state index contributed by atoms with van der Waals surface area (Å²) in [6, 6.07) is 6.15. The van der Waals surface area contributed by atoms with Gasteiger partial charge in [-0.3, -0.25) is 0 Å². The number of carboxylic acid groups (broad SMARTS) is 1. The third kappa shape index (κ3) is 4.92. The molecule has 1 N–H and O–H groups in total. The Hall–Kier alpha value is -1.77. The summed E-state index contributed by atoms with van der Waals surface area (Å²) >= 11 is 0. The fraction of sp³-hybridized carbons (Fsp3) is 0.500. The van der Waals surface area contributed by atoms with Crippen molar-refractivity contribution in [2.24, 2.45) is 0 Å². The Morgan fingerprint density at radius 1 is 1.05 bits per heavy atom. The first-order valence-electron chi connectivity index (χ1n) is 7.11. The van der Waals surface area contributed by atoms with Gasteiger partial charge in [0.15, 0.2) is 0 Å². The van der Waals surface area contributed by atoms with Gasteiger partial charge >= 0.3 is 5.97 Å². The Morgan fingerprint density at radius 3 is 1.81 bits per heavy atom. The highest BCUT2D eigenvalue weighted by Gasteiger charge is 2.21. The highest BCUT2D eigenvalue weighted by atomic mass is 16.5. The van der Waals surface area contributed by atoms with Gasteiger partial charge in [0.1, 0.15) is 12.4 Å². The van der Waals surface area contributed by atoms with Crippen molar-refractivity contribution in [1.82, 2.24) is 0 Å². The van der Waals surface area contributed by atoms with E-state index in [1.165, 1.54) is 11.1 Å². The molecule has 0 saturated heterocycles. The van der Waals surface area contributed by atoms with Crippen LogP contribution >= 0.6 is 0 Å². The molecule has 0 saturated carbocycles. The molecule has 0 amide bonds. The molecule has 0 spiro atoms. The van der Waals surface area contributed by atoms with E-state index in [-0.39, 0.29) is 23.0 Å². The van der Waals surface area contributed by atoms with E-state index in [1.807, 2.05) is 12.1 Å². The van der Waals surface area contributed by atoms with Crippen LogP contribution in [0.25, 0.3) is 0 Å². The van der Waals surface area contributed by atoms with Crippen molar-refractivity contribution in [2.75, 3.05) is 6.61 Å². The van der Waals surface area contributed by atoms with Crippen LogP contribution in [0.3, 0.4) is 0 Å². The van der Waals surface area contributed by atoms with E-state index in [0.717, 1.165) is 0 Å². The highest BCUT2D eigenvalue weighted by Crippen LogP contribution is 2.32. The van der Waals surface area contributed by atoms with Crippen molar-refractivity contribution in [3.05, 3.63) is 41.5 Å². The quantitative estimate of drug-likeness (QED) is 0.841. The van der Waals surface area contributed by atoms with Crippen LogP contribution in [-0.4, -0.2) is 17.7 Å². The van der Waals surface area contributed by atoms with Crippen LogP contribution in [0.1, 0.15) is 52.7 Å². The minimum absolute atomic E-state index is 0.00315. The second kappa shape index (κ2) is 5.92. The van der Waals surface area contributed by atoms with E-state index >= 15 is 0 Å². The van der Waals surface area contributed by atoms with E-state index in [0.29, 0.717) is 5.75 Å². The van der Waals surface area contributed by atoms with E-state index in [1.54, 1.807) is 0 Å². The molecule has 0 heterocycles. The number of carbonyl (C=O) groups is 1. The summed E-state index contributed by atoms with van der Waals surface area (Å²) in [5, 5.41) is 8.85. The maximum atomic E-state index is 10.8. The van der Waals surface area contributed by atoms with Crippen LogP contribution < -0.4 is 4.74 Å². The highest BCUT2D eigenvalue weighted by molar-refractivity contribution is 5.86. The van der Waals surface area contributed by atoms with Crippen molar-refractivity contribution in [3.63, 3.8) is 0 Å². The smallest absolute Gasteiger partial charge is 0.334 e. The molecule has 0 aromatic heterocycles. The van der Waals surface area contributed by atoms with Crippen molar-refractivity contribution in [3.8, 4) is 5.75 Å². The lowest BCUT2D eigenvalue weighted by atomic mass is 9.80. The van der Waals surface area contributed by atoms with E-state index in [2.05, 4.69) is 54.2 Å². The standard InChI is InChI=1S/C18H26O3/c1-12(16(19)20)11-21-15-9-13(17(2,3)4)8-14(10-15)18(5,6)7/h8-10H,1,11H2,2-7H3,(H,19,20). The van der Waals surface area contributed by atoms with E-state index in [9.17, 15) is 4.79 Å². The first-order chi connectivity index (χ1) is 9.41. The number of carboxylic acids is 1. The fourth-order valence-electron chi connectivity index (χ4n) is 1.78. The number of aliphatic carboxylic acids is 1. The molecule has 1 rings (SSSR count). The first-order valence-corrected chi connectivity index (χ1v) is 7.11. The lowest BCUT2D eigenvalue weighted by Crippen LogP contribution is -2.17. The molecule has 3 nitrogen and oxygen atoms in total. The molecule has 1 aromatic rings. The van der Waals surface area contributed by atoms with Gasteiger partial charge in [-0.25, -0.2) is 4.79 Å². The maximum absolute atomic E-state index is 10.8. The maximum Gasteiger partial charge on any atom is 0.334 e. The van der Waals surface area contributed by atoms with E-state index in [4.69, 9.17) is 9.84 Å². The summed E-state index contributed by atoms with van der Waals surface area (Å²) in [5.74, 6) is -0.340. The topological polar surface area (TPSA) is 46.5 Å². The lowest BCUT2D eigenvalue weighted by molar-refractivity contribution is -0.133. The third-order valence-corrected chi connectivity index (χ3v) is 3.35. The van der Waals surface area contributed by atoms with Gasteiger partial charge in [0.05, 0.1) is 5.57 Å². The predicted molar refractivity (Wildman–Crippen MR) is 86.1 cm³/mol. The Balaban J connectivity index is 3.14. The molecule has 21 heavy (non-hydrogen) atoms. The van der Waals surface area contributed by atoms with Crippen LogP contribution in [0.5, 0.6) is 5.75 Å².